The van der Waals surface area contributed by atoms with E-state index < -0.39 is 24.3 Å². The molecule has 1 aromatic carbocycles. The Labute approximate surface area is 226 Å². The topological polar surface area (TPSA) is 156 Å². The van der Waals surface area contributed by atoms with E-state index in [9.17, 15) is 13.9 Å². The lowest BCUT2D eigenvalue weighted by molar-refractivity contribution is 0.0523. The summed E-state index contributed by atoms with van der Waals surface area (Å²) in [4.78, 5) is 13.1. The van der Waals surface area contributed by atoms with Gasteiger partial charge in [0.25, 0.3) is 0 Å². The van der Waals surface area contributed by atoms with Crippen molar-refractivity contribution in [1.82, 2.24) is 34.3 Å². The summed E-state index contributed by atoms with van der Waals surface area (Å²) in [6.07, 6.45) is 2.08. The van der Waals surface area contributed by atoms with E-state index in [0.29, 0.717) is 67.5 Å². The van der Waals surface area contributed by atoms with Crippen LogP contribution in [0.4, 0.5) is 20.4 Å². The summed E-state index contributed by atoms with van der Waals surface area (Å²) in [6.45, 7) is 2.71. The zero-order chi connectivity index (χ0) is 27.8. The standard InChI is InChI=1S/C25H27F2N9O4/c26-17-10-18(27)21(40-14-15(38)13-37)11-19(17)34-6-3-33(4-7-34)5-8-35-23-16(12-29-35)24-30-22(20-2-1-9-39-20)32-36(24)25(28)31-23/h1-2,9-12,15,37-38H,3-8,13-14H2,(H2,28,31). The van der Waals surface area contributed by atoms with Gasteiger partial charge in [0.15, 0.2) is 28.6 Å². The van der Waals surface area contributed by atoms with Crippen LogP contribution >= 0.6 is 0 Å². The Hall–Kier alpha value is -4.34. The maximum atomic E-state index is 14.6. The number of hydrogen-bond acceptors (Lipinski definition) is 11. The molecule has 1 fully saturated rings. The summed E-state index contributed by atoms with van der Waals surface area (Å²) in [5.74, 6) is -0.641. The number of halogens is 2. The first-order chi connectivity index (χ1) is 19.4. The Morgan fingerprint density at radius 2 is 1.90 bits per heavy atom. The van der Waals surface area contributed by atoms with Gasteiger partial charge < -0.3 is 30.0 Å². The number of furan rings is 1. The highest BCUT2D eigenvalue weighted by Crippen LogP contribution is 2.29. The summed E-state index contributed by atoms with van der Waals surface area (Å²) in [6, 6.07) is 5.58. The quantitative estimate of drug-likeness (QED) is 0.240. The molecule has 0 radical (unpaired) electrons. The molecule has 0 aliphatic carbocycles. The minimum Gasteiger partial charge on any atom is -0.488 e. The number of piperazine rings is 1. The number of fused-ring (bicyclic) bond motifs is 3. The van der Waals surface area contributed by atoms with Gasteiger partial charge in [-0.15, -0.1) is 5.10 Å². The smallest absolute Gasteiger partial charge is 0.225 e. The number of aliphatic hydroxyl groups excluding tert-OH is 2. The summed E-state index contributed by atoms with van der Waals surface area (Å²) < 4.78 is 42.6. The number of benzene rings is 1. The second kappa shape index (κ2) is 10.7. The number of aliphatic hydroxyl groups is 2. The highest BCUT2D eigenvalue weighted by Gasteiger charge is 2.23. The molecule has 6 rings (SSSR count). The minimum atomic E-state index is -1.16. The number of nitrogen functional groups attached to an aromatic ring is 1. The summed E-state index contributed by atoms with van der Waals surface area (Å²) >= 11 is 0. The Morgan fingerprint density at radius 1 is 1.07 bits per heavy atom. The van der Waals surface area contributed by atoms with Crippen LogP contribution in [0.2, 0.25) is 0 Å². The van der Waals surface area contributed by atoms with Crippen molar-refractivity contribution in [2.75, 3.05) is 56.6 Å². The van der Waals surface area contributed by atoms with Crippen molar-refractivity contribution in [2.45, 2.75) is 12.6 Å². The third-order valence-electron chi connectivity index (χ3n) is 6.82. The lowest BCUT2D eigenvalue weighted by Gasteiger charge is -2.36. The van der Waals surface area contributed by atoms with Crippen LogP contribution in [0.25, 0.3) is 28.3 Å². The van der Waals surface area contributed by atoms with E-state index in [4.69, 9.17) is 20.0 Å². The predicted octanol–water partition coefficient (Wildman–Crippen LogP) is 1.15. The SMILES string of the molecule is Nc1nc2c(cnn2CCN2CCN(c3cc(OCC(O)CO)c(F)cc3F)CC2)c2nc(-c3ccco3)nn12. The average molecular weight is 556 g/mol. The highest BCUT2D eigenvalue weighted by atomic mass is 19.1. The summed E-state index contributed by atoms with van der Waals surface area (Å²) in [5.41, 5.74) is 7.52. The van der Waals surface area contributed by atoms with Crippen LogP contribution in [0, 0.1) is 11.6 Å². The molecule has 1 saturated heterocycles. The molecule has 0 saturated carbocycles. The van der Waals surface area contributed by atoms with Gasteiger partial charge in [-0.25, -0.2) is 18.4 Å². The molecule has 1 aliphatic rings. The number of hydrogen-bond donors (Lipinski definition) is 3. The van der Waals surface area contributed by atoms with Crippen LogP contribution in [0.5, 0.6) is 5.75 Å². The third kappa shape index (κ3) is 4.89. The summed E-state index contributed by atoms with van der Waals surface area (Å²) in [5, 5.41) is 28.0. The zero-order valence-corrected chi connectivity index (χ0v) is 21.3. The Kier molecular flexibility index (Phi) is 6.91. The molecule has 0 amide bonds. The van der Waals surface area contributed by atoms with Crippen LogP contribution in [-0.2, 0) is 6.54 Å². The van der Waals surface area contributed by atoms with Crippen LogP contribution in [0.15, 0.2) is 41.1 Å². The average Bonchev–Trinajstić information content (AvgIpc) is 3.72. The molecular weight excluding hydrogens is 528 g/mol. The largest absolute Gasteiger partial charge is 0.488 e. The molecule has 1 unspecified atom stereocenters. The zero-order valence-electron chi connectivity index (χ0n) is 21.3. The number of nitrogens with two attached hydrogens (primary N) is 1. The van der Waals surface area contributed by atoms with Crippen molar-refractivity contribution in [3.05, 3.63) is 48.4 Å². The molecule has 1 aliphatic heterocycles. The maximum absolute atomic E-state index is 14.6. The highest BCUT2D eigenvalue weighted by molar-refractivity contribution is 5.90. The fourth-order valence-corrected chi connectivity index (χ4v) is 4.69. The van der Waals surface area contributed by atoms with E-state index in [-0.39, 0.29) is 24.0 Å². The molecule has 0 bridgehead atoms. The first kappa shape index (κ1) is 25.9. The van der Waals surface area contributed by atoms with Crippen molar-refractivity contribution in [3.8, 4) is 17.3 Å². The van der Waals surface area contributed by atoms with E-state index in [1.54, 1.807) is 29.3 Å². The monoisotopic (exact) mass is 555 g/mol. The van der Waals surface area contributed by atoms with Crippen molar-refractivity contribution in [1.29, 1.82) is 0 Å². The van der Waals surface area contributed by atoms with E-state index >= 15 is 0 Å². The molecule has 40 heavy (non-hydrogen) atoms. The van der Waals surface area contributed by atoms with Gasteiger partial charge in [0.05, 0.1) is 36.7 Å². The van der Waals surface area contributed by atoms with E-state index in [0.717, 1.165) is 6.07 Å². The predicted molar refractivity (Wildman–Crippen MR) is 140 cm³/mol. The molecule has 13 nitrogen and oxygen atoms in total. The second-order valence-electron chi connectivity index (χ2n) is 9.43. The third-order valence-corrected chi connectivity index (χ3v) is 6.82. The number of anilines is 2. The van der Waals surface area contributed by atoms with Crippen LogP contribution in [-0.4, -0.2) is 96.5 Å². The van der Waals surface area contributed by atoms with Gasteiger partial charge in [-0.3, -0.25) is 4.90 Å². The van der Waals surface area contributed by atoms with Crippen molar-refractivity contribution in [3.63, 3.8) is 0 Å². The molecule has 210 valence electrons. The van der Waals surface area contributed by atoms with Crippen molar-refractivity contribution >= 4 is 28.3 Å². The normalized spacial score (nSPS) is 15.3. The first-order valence-corrected chi connectivity index (χ1v) is 12.7. The number of nitrogens with zero attached hydrogens (tertiary/aromatic N) is 8. The van der Waals surface area contributed by atoms with Gasteiger partial charge >= 0.3 is 0 Å². The van der Waals surface area contributed by atoms with Gasteiger partial charge in [0.1, 0.15) is 18.5 Å². The molecule has 4 aromatic heterocycles. The lowest BCUT2D eigenvalue weighted by atomic mass is 10.2. The summed E-state index contributed by atoms with van der Waals surface area (Å²) in [7, 11) is 0. The Bertz CT molecular complexity index is 1630. The van der Waals surface area contributed by atoms with E-state index in [1.165, 1.54) is 10.6 Å². The number of ether oxygens (including phenoxy) is 1. The molecular formula is C25H27F2N9O4. The number of aromatic nitrogens is 6. The number of rotatable bonds is 9. The Morgan fingerprint density at radius 3 is 2.65 bits per heavy atom. The molecule has 1 atom stereocenters. The van der Waals surface area contributed by atoms with E-state index in [1.807, 2.05) is 4.90 Å². The van der Waals surface area contributed by atoms with Crippen molar-refractivity contribution in [2.24, 2.45) is 0 Å². The maximum Gasteiger partial charge on any atom is 0.225 e. The van der Waals surface area contributed by atoms with Gasteiger partial charge in [-0.2, -0.15) is 14.6 Å². The molecule has 4 N–H and O–H groups in total. The fourth-order valence-electron chi connectivity index (χ4n) is 4.69. The first-order valence-electron chi connectivity index (χ1n) is 12.7. The minimum absolute atomic E-state index is 0.179. The molecule has 5 heterocycles. The van der Waals surface area contributed by atoms with Gasteiger partial charge in [0, 0.05) is 44.9 Å². The van der Waals surface area contributed by atoms with E-state index in [2.05, 4.69) is 25.1 Å². The van der Waals surface area contributed by atoms with Crippen LogP contribution in [0.3, 0.4) is 0 Å². The van der Waals surface area contributed by atoms with Crippen molar-refractivity contribution < 1.29 is 28.1 Å². The van der Waals surface area contributed by atoms with Crippen LogP contribution in [0.1, 0.15) is 0 Å². The molecule has 15 heteroatoms. The molecule has 5 aromatic rings. The van der Waals surface area contributed by atoms with Gasteiger partial charge in [-0.05, 0) is 12.1 Å². The van der Waals surface area contributed by atoms with Crippen LogP contribution < -0.4 is 15.4 Å². The van der Waals surface area contributed by atoms with Gasteiger partial charge in [-0.1, -0.05) is 0 Å². The lowest BCUT2D eigenvalue weighted by Crippen LogP contribution is -2.47. The fraction of sp³-hybridized carbons (Fsp3) is 0.360. The molecule has 0 spiro atoms. The Balaban J connectivity index is 1.11. The second-order valence-corrected chi connectivity index (χ2v) is 9.43. The van der Waals surface area contributed by atoms with Gasteiger partial charge in [0.2, 0.25) is 11.8 Å².